The van der Waals surface area contributed by atoms with Crippen molar-refractivity contribution >= 4 is 40.5 Å². The molecule has 0 aliphatic heterocycles. The Kier molecular flexibility index (Phi) is 8.31. The summed E-state index contributed by atoms with van der Waals surface area (Å²) in [7, 11) is 1.52. The highest BCUT2D eigenvalue weighted by Gasteiger charge is 2.15. The van der Waals surface area contributed by atoms with Crippen molar-refractivity contribution in [2.24, 2.45) is 0 Å². The Morgan fingerprint density at radius 1 is 1.18 bits per heavy atom. The molecule has 0 fully saturated rings. The Hall–Kier alpha value is -3.79. The molecule has 0 aromatic heterocycles. The lowest BCUT2D eigenvalue weighted by atomic mass is 10.0. The summed E-state index contributed by atoms with van der Waals surface area (Å²) in [5.41, 5.74) is 2.86. The van der Waals surface area contributed by atoms with E-state index in [-0.39, 0.29) is 17.9 Å². The number of hydrogen-bond donors (Lipinski definition) is 0. The smallest absolute Gasteiger partial charge is 0.270 e. The molecule has 172 valence electrons. The summed E-state index contributed by atoms with van der Waals surface area (Å²) in [5.74, 6) is 0.992. The minimum absolute atomic E-state index is 0.0896. The number of ether oxygens (including phenoxy) is 2. The van der Waals surface area contributed by atoms with Crippen molar-refractivity contribution < 1.29 is 14.4 Å². The van der Waals surface area contributed by atoms with E-state index in [1.165, 1.54) is 19.2 Å². The van der Waals surface area contributed by atoms with Crippen molar-refractivity contribution in [3.05, 3.63) is 110 Å². The van der Waals surface area contributed by atoms with Gasteiger partial charge in [0.25, 0.3) is 5.69 Å². The summed E-state index contributed by atoms with van der Waals surface area (Å²) in [4.78, 5) is 10.6. The first-order chi connectivity index (χ1) is 16.4. The molecule has 0 atom stereocenters. The van der Waals surface area contributed by atoms with Crippen LogP contribution < -0.4 is 9.47 Å². The lowest BCUT2D eigenvalue weighted by Gasteiger charge is -2.16. The van der Waals surface area contributed by atoms with Gasteiger partial charge in [0, 0.05) is 33.3 Å². The normalized spacial score (nSPS) is 10.9. The SMILES string of the molecule is C=CCc1cc(/C=C(/C#N)c2cccc([N+](=O)[O-])c2)cc(OC)c1OCc1ccc(Cl)cc1Cl. The number of nitro groups is 1. The Labute approximate surface area is 207 Å². The van der Waals surface area contributed by atoms with Crippen LogP contribution in [-0.2, 0) is 13.0 Å². The van der Waals surface area contributed by atoms with Gasteiger partial charge in [-0.25, -0.2) is 0 Å². The summed E-state index contributed by atoms with van der Waals surface area (Å²) in [5, 5.41) is 21.8. The lowest BCUT2D eigenvalue weighted by Crippen LogP contribution is -2.02. The molecular weight excluding hydrogens is 475 g/mol. The van der Waals surface area contributed by atoms with Crippen LogP contribution in [-0.4, -0.2) is 12.0 Å². The first kappa shape index (κ1) is 24.8. The molecule has 0 aliphatic rings. The van der Waals surface area contributed by atoms with E-state index in [1.54, 1.807) is 48.6 Å². The lowest BCUT2D eigenvalue weighted by molar-refractivity contribution is -0.384. The first-order valence-corrected chi connectivity index (χ1v) is 10.9. The monoisotopic (exact) mass is 494 g/mol. The number of hydrogen-bond acceptors (Lipinski definition) is 5. The highest BCUT2D eigenvalue weighted by atomic mass is 35.5. The van der Waals surface area contributed by atoms with Crippen LogP contribution in [0.2, 0.25) is 10.0 Å². The van der Waals surface area contributed by atoms with E-state index < -0.39 is 4.92 Å². The molecule has 0 heterocycles. The zero-order valence-electron chi connectivity index (χ0n) is 18.3. The van der Waals surface area contributed by atoms with Crippen molar-refractivity contribution in [2.75, 3.05) is 7.11 Å². The van der Waals surface area contributed by atoms with Gasteiger partial charge in [0.2, 0.25) is 0 Å². The fourth-order valence-electron chi connectivity index (χ4n) is 3.31. The standard InChI is InChI=1S/C26H20Cl2N2O4/c1-3-5-19-10-17(11-21(15-29)18-6-4-7-23(13-18)30(31)32)12-25(33-2)26(19)34-16-20-8-9-22(27)14-24(20)28/h3-4,6-14H,1,5,16H2,2H3/b21-11-. The number of non-ortho nitro benzene ring substituents is 1. The van der Waals surface area contributed by atoms with Crippen molar-refractivity contribution in [3.8, 4) is 17.6 Å². The molecule has 3 aromatic rings. The third-order valence-electron chi connectivity index (χ3n) is 4.92. The van der Waals surface area contributed by atoms with Crippen molar-refractivity contribution in [1.82, 2.24) is 0 Å². The van der Waals surface area contributed by atoms with E-state index >= 15 is 0 Å². The van der Waals surface area contributed by atoms with E-state index in [9.17, 15) is 15.4 Å². The molecule has 0 N–H and O–H groups in total. The largest absolute Gasteiger partial charge is 0.493 e. The van der Waals surface area contributed by atoms with Gasteiger partial charge in [-0.2, -0.15) is 5.26 Å². The fourth-order valence-corrected chi connectivity index (χ4v) is 3.78. The second-order valence-corrected chi connectivity index (χ2v) is 8.05. The summed E-state index contributed by atoms with van der Waals surface area (Å²) in [6.07, 6.45) is 3.87. The molecule has 0 bridgehead atoms. The van der Waals surface area contributed by atoms with Crippen LogP contribution in [0.15, 0.2) is 67.3 Å². The molecule has 3 rings (SSSR count). The highest BCUT2D eigenvalue weighted by Crippen LogP contribution is 2.36. The molecule has 0 spiro atoms. The van der Waals surface area contributed by atoms with Crippen LogP contribution in [0.5, 0.6) is 11.5 Å². The third kappa shape index (κ3) is 5.96. The van der Waals surface area contributed by atoms with Crippen LogP contribution in [0, 0.1) is 21.4 Å². The quantitative estimate of drug-likeness (QED) is 0.102. The Balaban J connectivity index is 2.00. The molecule has 8 heteroatoms. The van der Waals surface area contributed by atoms with Crippen molar-refractivity contribution in [3.63, 3.8) is 0 Å². The maximum Gasteiger partial charge on any atom is 0.270 e. The van der Waals surface area contributed by atoms with Gasteiger partial charge in [0.1, 0.15) is 6.61 Å². The molecular formula is C26H20Cl2N2O4. The first-order valence-electron chi connectivity index (χ1n) is 10.1. The molecule has 34 heavy (non-hydrogen) atoms. The molecule has 0 amide bonds. The Morgan fingerprint density at radius 3 is 2.62 bits per heavy atom. The molecule has 3 aromatic carbocycles. The molecule has 0 saturated heterocycles. The van der Waals surface area contributed by atoms with Gasteiger partial charge >= 0.3 is 0 Å². The third-order valence-corrected chi connectivity index (χ3v) is 5.51. The molecule has 0 radical (unpaired) electrons. The van der Waals surface area contributed by atoms with Gasteiger partial charge in [-0.15, -0.1) is 6.58 Å². The van der Waals surface area contributed by atoms with E-state index in [1.807, 2.05) is 6.07 Å². The number of allylic oxidation sites excluding steroid dienone is 2. The molecule has 6 nitrogen and oxygen atoms in total. The van der Waals surface area contributed by atoms with Gasteiger partial charge in [0.05, 0.1) is 23.7 Å². The maximum atomic E-state index is 11.1. The van der Waals surface area contributed by atoms with E-state index in [0.717, 1.165) is 11.1 Å². The second kappa shape index (κ2) is 11.4. The van der Waals surface area contributed by atoms with Gasteiger partial charge in [-0.1, -0.05) is 47.5 Å². The van der Waals surface area contributed by atoms with Crippen LogP contribution >= 0.6 is 23.2 Å². The Bertz CT molecular complexity index is 1310. The zero-order valence-corrected chi connectivity index (χ0v) is 19.8. The number of rotatable bonds is 9. The molecule has 0 saturated carbocycles. The van der Waals surface area contributed by atoms with Gasteiger partial charge in [-0.05, 0) is 47.9 Å². The van der Waals surface area contributed by atoms with E-state index in [0.29, 0.717) is 39.1 Å². The van der Waals surface area contributed by atoms with E-state index in [2.05, 4.69) is 12.6 Å². The van der Waals surface area contributed by atoms with Crippen molar-refractivity contribution in [1.29, 1.82) is 5.26 Å². The number of benzene rings is 3. The van der Waals surface area contributed by atoms with Crippen LogP contribution in [0.3, 0.4) is 0 Å². The highest BCUT2D eigenvalue weighted by molar-refractivity contribution is 6.35. The topological polar surface area (TPSA) is 85.4 Å². The number of methoxy groups -OCH3 is 1. The minimum Gasteiger partial charge on any atom is -0.493 e. The summed E-state index contributed by atoms with van der Waals surface area (Å²) >= 11 is 12.2. The predicted octanol–water partition coefficient (Wildman–Crippen LogP) is 7.28. The van der Waals surface area contributed by atoms with E-state index in [4.69, 9.17) is 32.7 Å². The minimum atomic E-state index is -0.497. The van der Waals surface area contributed by atoms with Crippen LogP contribution in [0.4, 0.5) is 5.69 Å². The number of halogens is 2. The van der Waals surface area contributed by atoms with Crippen LogP contribution in [0.1, 0.15) is 22.3 Å². The molecule has 0 aliphatic carbocycles. The summed E-state index contributed by atoms with van der Waals surface area (Å²) < 4.78 is 11.6. The van der Waals surface area contributed by atoms with Gasteiger partial charge in [-0.3, -0.25) is 10.1 Å². The Morgan fingerprint density at radius 2 is 1.97 bits per heavy atom. The predicted molar refractivity (Wildman–Crippen MR) is 134 cm³/mol. The van der Waals surface area contributed by atoms with Gasteiger partial charge in [0.15, 0.2) is 11.5 Å². The summed E-state index contributed by atoms with van der Waals surface area (Å²) in [6, 6.07) is 16.8. The number of nitriles is 1. The van der Waals surface area contributed by atoms with Crippen LogP contribution in [0.25, 0.3) is 11.6 Å². The number of nitrogens with zero attached hydrogens (tertiary/aromatic N) is 2. The van der Waals surface area contributed by atoms with Gasteiger partial charge < -0.3 is 9.47 Å². The average molecular weight is 495 g/mol. The zero-order chi connectivity index (χ0) is 24.7. The average Bonchev–Trinajstić information content (AvgIpc) is 2.82. The fraction of sp³-hybridized carbons (Fsp3) is 0.115. The summed E-state index contributed by atoms with van der Waals surface area (Å²) in [6.45, 7) is 4.01. The maximum absolute atomic E-state index is 11.1. The second-order valence-electron chi connectivity index (χ2n) is 7.21. The number of nitro benzene ring substituents is 1. The van der Waals surface area contributed by atoms with Crippen molar-refractivity contribution in [2.45, 2.75) is 13.0 Å². The molecule has 0 unspecified atom stereocenters.